The van der Waals surface area contributed by atoms with E-state index < -0.39 is 0 Å². The fraction of sp³-hybridized carbons (Fsp3) is 0.900. The van der Waals surface area contributed by atoms with Gasteiger partial charge in [-0.15, -0.1) is 0 Å². The molecular weight excluding hydrogens is 194 g/mol. The van der Waals surface area contributed by atoms with Gasteiger partial charge in [0.1, 0.15) is 0 Å². The van der Waals surface area contributed by atoms with Crippen LogP contribution in [0.5, 0.6) is 0 Å². The summed E-state index contributed by atoms with van der Waals surface area (Å²) in [5.74, 6) is 0.0570. The highest BCUT2D eigenvalue weighted by Gasteiger charge is 2.34. The van der Waals surface area contributed by atoms with E-state index in [0.717, 1.165) is 26.2 Å². The van der Waals surface area contributed by atoms with Gasteiger partial charge in [0.05, 0.1) is 19.1 Å². The van der Waals surface area contributed by atoms with E-state index in [1.807, 2.05) is 4.90 Å². The molecule has 0 aromatic rings. The Morgan fingerprint density at radius 1 is 1.27 bits per heavy atom. The van der Waals surface area contributed by atoms with Crippen molar-refractivity contribution in [3.63, 3.8) is 0 Å². The monoisotopic (exact) mass is 213 g/mol. The first-order valence-electron chi connectivity index (χ1n) is 5.49. The van der Waals surface area contributed by atoms with Gasteiger partial charge in [0.15, 0.2) is 0 Å². The molecule has 5 nitrogen and oxygen atoms in total. The zero-order chi connectivity index (χ0) is 10.8. The van der Waals surface area contributed by atoms with Crippen molar-refractivity contribution in [2.75, 3.05) is 46.4 Å². The normalized spacial score (nSPS) is 33.3. The van der Waals surface area contributed by atoms with Gasteiger partial charge in [0.25, 0.3) is 0 Å². The van der Waals surface area contributed by atoms with E-state index in [-0.39, 0.29) is 17.9 Å². The number of ether oxygens (including phenoxy) is 1. The van der Waals surface area contributed by atoms with Crippen LogP contribution >= 0.6 is 0 Å². The zero-order valence-corrected chi connectivity index (χ0v) is 9.19. The molecule has 0 aliphatic carbocycles. The van der Waals surface area contributed by atoms with Crippen molar-refractivity contribution in [1.29, 1.82) is 0 Å². The Morgan fingerprint density at radius 3 is 2.47 bits per heavy atom. The number of hydrogen-bond donors (Lipinski definition) is 1. The van der Waals surface area contributed by atoms with E-state index in [0.29, 0.717) is 13.2 Å². The van der Waals surface area contributed by atoms with E-state index in [9.17, 15) is 4.79 Å². The number of nitrogens with zero attached hydrogens (tertiary/aromatic N) is 2. The minimum absolute atomic E-state index is 0.114. The van der Waals surface area contributed by atoms with Gasteiger partial charge in [0, 0.05) is 32.2 Å². The van der Waals surface area contributed by atoms with Gasteiger partial charge in [-0.2, -0.15) is 0 Å². The van der Waals surface area contributed by atoms with Crippen molar-refractivity contribution in [2.24, 2.45) is 11.7 Å². The third-order valence-electron chi connectivity index (χ3n) is 3.26. The van der Waals surface area contributed by atoms with Crippen molar-refractivity contribution in [2.45, 2.75) is 6.04 Å². The van der Waals surface area contributed by atoms with Crippen molar-refractivity contribution in [1.82, 2.24) is 9.80 Å². The molecule has 2 N–H and O–H groups in total. The summed E-state index contributed by atoms with van der Waals surface area (Å²) in [7, 11) is 2.08. The minimum Gasteiger partial charge on any atom is -0.379 e. The summed E-state index contributed by atoms with van der Waals surface area (Å²) in [5, 5.41) is 0. The molecule has 0 saturated carbocycles. The third kappa shape index (κ3) is 2.30. The number of amides is 1. The highest BCUT2D eigenvalue weighted by atomic mass is 16.5. The van der Waals surface area contributed by atoms with Crippen molar-refractivity contribution >= 4 is 5.91 Å². The number of carbonyl (C=O) groups is 1. The summed E-state index contributed by atoms with van der Waals surface area (Å²) >= 11 is 0. The molecule has 2 aliphatic heterocycles. The Balaban J connectivity index is 1.90. The lowest BCUT2D eigenvalue weighted by molar-refractivity contribution is -0.137. The van der Waals surface area contributed by atoms with Crippen molar-refractivity contribution < 1.29 is 9.53 Å². The van der Waals surface area contributed by atoms with E-state index in [1.165, 1.54) is 0 Å². The molecule has 2 fully saturated rings. The van der Waals surface area contributed by atoms with Crippen LogP contribution < -0.4 is 5.73 Å². The fourth-order valence-electron chi connectivity index (χ4n) is 2.09. The van der Waals surface area contributed by atoms with Gasteiger partial charge in [-0.1, -0.05) is 0 Å². The summed E-state index contributed by atoms with van der Waals surface area (Å²) in [6.45, 7) is 4.55. The average molecular weight is 213 g/mol. The van der Waals surface area contributed by atoms with Crippen LogP contribution in [0.3, 0.4) is 0 Å². The van der Waals surface area contributed by atoms with Gasteiger partial charge in [-0.3, -0.25) is 4.79 Å². The second kappa shape index (κ2) is 4.47. The van der Waals surface area contributed by atoms with Crippen LogP contribution in [0.2, 0.25) is 0 Å². The average Bonchev–Trinajstić information content (AvgIpc) is 2.65. The Kier molecular flexibility index (Phi) is 3.23. The Morgan fingerprint density at radius 2 is 1.93 bits per heavy atom. The topological polar surface area (TPSA) is 58.8 Å². The summed E-state index contributed by atoms with van der Waals surface area (Å²) in [4.78, 5) is 16.2. The fourth-order valence-corrected chi connectivity index (χ4v) is 2.09. The van der Waals surface area contributed by atoms with Crippen molar-refractivity contribution in [3.8, 4) is 0 Å². The summed E-state index contributed by atoms with van der Waals surface area (Å²) in [6.07, 6.45) is 0. The molecular formula is C10H19N3O2. The zero-order valence-electron chi connectivity index (χ0n) is 9.19. The number of likely N-dealkylation sites (N-methyl/N-ethyl adjacent to an activating group) is 1. The van der Waals surface area contributed by atoms with Crippen LogP contribution in [0.4, 0.5) is 0 Å². The van der Waals surface area contributed by atoms with Crippen LogP contribution in [0.15, 0.2) is 0 Å². The minimum atomic E-state index is -0.117. The van der Waals surface area contributed by atoms with E-state index >= 15 is 0 Å². The number of piperazine rings is 1. The van der Waals surface area contributed by atoms with Gasteiger partial charge >= 0.3 is 0 Å². The van der Waals surface area contributed by atoms with Gasteiger partial charge in [-0.05, 0) is 7.05 Å². The van der Waals surface area contributed by atoms with E-state index in [1.54, 1.807) is 0 Å². The van der Waals surface area contributed by atoms with Crippen molar-refractivity contribution in [3.05, 3.63) is 0 Å². The largest absolute Gasteiger partial charge is 0.379 e. The Labute approximate surface area is 90.1 Å². The predicted octanol–water partition coefficient (Wildman–Crippen LogP) is -1.27. The molecule has 0 bridgehead atoms. The lowest BCUT2D eigenvalue weighted by Gasteiger charge is -2.34. The number of carbonyl (C=O) groups excluding carboxylic acids is 1. The maximum atomic E-state index is 12.1. The molecule has 2 heterocycles. The highest BCUT2D eigenvalue weighted by Crippen LogP contribution is 2.15. The van der Waals surface area contributed by atoms with Crippen LogP contribution in [0, 0.1) is 5.92 Å². The van der Waals surface area contributed by atoms with Crippen LogP contribution in [0.1, 0.15) is 0 Å². The lowest BCUT2D eigenvalue weighted by Crippen LogP contribution is -2.51. The van der Waals surface area contributed by atoms with Gasteiger partial charge in [-0.25, -0.2) is 0 Å². The Bertz CT molecular complexity index is 239. The molecule has 0 spiro atoms. The number of hydrogen-bond acceptors (Lipinski definition) is 4. The van der Waals surface area contributed by atoms with E-state index in [4.69, 9.17) is 10.5 Å². The van der Waals surface area contributed by atoms with Crippen LogP contribution in [-0.2, 0) is 9.53 Å². The first kappa shape index (κ1) is 10.9. The second-order valence-corrected chi connectivity index (χ2v) is 4.44. The molecule has 1 amide bonds. The maximum absolute atomic E-state index is 12.1. The first-order chi connectivity index (χ1) is 7.18. The molecule has 2 rings (SSSR count). The Hall–Kier alpha value is -0.650. The number of nitrogens with two attached hydrogens (primary N) is 1. The summed E-state index contributed by atoms with van der Waals surface area (Å²) in [5.41, 5.74) is 5.83. The SMILES string of the molecule is CN1CCN(C(=O)C2COCC2N)CC1. The molecule has 15 heavy (non-hydrogen) atoms. The quantitative estimate of drug-likeness (QED) is 0.590. The summed E-state index contributed by atoms with van der Waals surface area (Å²) in [6, 6.07) is -0.114. The molecule has 86 valence electrons. The lowest BCUT2D eigenvalue weighted by atomic mass is 10.0. The summed E-state index contributed by atoms with van der Waals surface area (Å²) < 4.78 is 5.22. The highest BCUT2D eigenvalue weighted by molar-refractivity contribution is 5.80. The standard InChI is InChI=1S/C10H19N3O2/c1-12-2-4-13(5-3-12)10(14)8-6-15-7-9(8)11/h8-9H,2-7,11H2,1H3. The van der Waals surface area contributed by atoms with Crippen LogP contribution in [0.25, 0.3) is 0 Å². The predicted molar refractivity (Wildman–Crippen MR) is 56.4 cm³/mol. The molecule has 2 unspecified atom stereocenters. The molecule has 5 heteroatoms. The smallest absolute Gasteiger partial charge is 0.229 e. The molecule has 0 radical (unpaired) electrons. The number of rotatable bonds is 1. The van der Waals surface area contributed by atoms with Crippen LogP contribution in [-0.4, -0.2) is 68.2 Å². The maximum Gasteiger partial charge on any atom is 0.229 e. The second-order valence-electron chi connectivity index (χ2n) is 4.44. The molecule has 2 aliphatic rings. The molecule has 2 atom stereocenters. The van der Waals surface area contributed by atoms with Gasteiger partial charge in [0.2, 0.25) is 5.91 Å². The first-order valence-corrected chi connectivity index (χ1v) is 5.49. The van der Waals surface area contributed by atoms with E-state index in [2.05, 4.69) is 11.9 Å². The molecule has 2 saturated heterocycles. The van der Waals surface area contributed by atoms with Gasteiger partial charge < -0.3 is 20.3 Å². The molecule has 0 aromatic heterocycles. The third-order valence-corrected chi connectivity index (χ3v) is 3.26. The molecule has 0 aromatic carbocycles.